The predicted octanol–water partition coefficient (Wildman–Crippen LogP) is 18.2. The molecule has 0 aromatic heterocycles. The van der Waals surface area contributed by atoms with Gasteiger partial charge in [0.05, 0.1) is 5.57 Å². The second-order valence-electron chi connectivity index (χ2n) is 16.6. The van der Waals surface area contributed by atoms with Gasteiger partial charge >= 0.3 is 90.4 Å². The molecule has 1 aliphatic rings. The summed E-state index contributed by atoms with van der Waals surface area (Å²) >= 11 is 1.99. The SMILES string of the molecule is CCC=CC1=C(c2cc(CCCC)cc(CCCC)c2)[N+](=[N-])C(c2cc(CCCC)cc(CCCC)c2)=C1CCCCCC.CCCCC[CH2][Ni][CH2]CCCCC. The van der Waals surface area contributed by atoms with Crippen LogP contribution in [-0.2, 0) is 40.1 Å². The molecular formula is C54H88N2Ni. The van der Waals surface area contributed by atoms with E-state index in [4.69, 9.17) is 0 Å². The van der Waals surface area contributed by atoms with Crippen LogP contribution >= 0.6 is 0 Å². The van der Waals surface area contributed by atoms with Crippen LogP contribution in [0.2, 0.25) is 10.8 Å². The molecule has 0 saturated heterocycles. The zero-order valence-corrected chi connectivity index (χ0v) is 39.6. The fraction of sp³-hybridized carbons (Fsp3) is 0.667. The maximum absolute atomic E-state index is 12.4. The molecule has 2 nitrogen and oxygen atoms in total. The van der Waals surface area contributed by atoms with Gasteiger partial charge in [0, 0.05) is 16.7 Å². The molecule has 0 unspecified atom stereocenters. The molecule has 0 bridgehead atoms. The summed E-state index contributed by atoms with van der Waals surface area (Å²) < 4.78 is 1.59. The van der Waals surface area contributed by atoms with E-state index in [-0.39, 0.29) is 0 Å². The van der Waals surface area contributed by atoms with E-state index in [1.807, 2.05) is 14.4 Å². The molecule has 57 heavy (non-hydrogen) atoms. The molecule has 2 aromatic rings. The van der Waals surface area contributed by atoms with Crippen molar-refractivity contribution in [3.8, 4) is 0 Å². The molecule has 0 atom stereocenters. The van der Waals surface area contributed by atoms with Gasteiger partial charge < -0.3 is 5.53 Å². The van der Waals surface area contributed by atoms with Gasteiger partial charge in [-0.05, 0) is 117 Å². The van der Waals surface area contributed by atoms with Crippen LogP contribution in [0.3, 0.4) is 0 Å². The molecule has 0 fully saturated rings. The molecule has 1 aliphatic heterocycles. The van der Waals surface area contributed by atoms with Crippen molar-refractivity contribution in [1.82, 2.24) is 0 Å². The van der Waals surface area contributed by atoms with E-state index in [1.54, 1.807) is 4.70 Å². The third-order valence-electron chi connectivity index (χ3n) is 11.2. The summed E-state index contributed by atoms with van der Waals surface area (Å²) in [5, 5.41) is 2.83. The van der Waals surface area contributed by atoms with E-state index in [1.165, 1.54) is 172 Å². The minimum absolute atomic E-state index is 0.973. The van der Waals surface area contributed by atoms with Gasteiger partial charge in [-0.3, -0.25) is 0 Å². The van der Waals surface area contributed by atoms with Crippen molar-refractivity contribution in [2.24, 2.45) is 0 Å². The average Bonchev–Trinajstić information content (AvgIpc) is 3.50. The van der Waals surface area contributed by atoms with E-state index < -0.39 is 0 Å². The molecule has 0 saturated carbocycles. The first kappa shape index (κ1) is 50.9. The molecule has 1 heterocycles. The van der Waals surface area contributed by atoms with Gasteiger partial charge in [0.2, 0.25) is 11.4 Å². The van der Waals surface area contributed by atoms with Crippen LogP contribution < -0.4 is 0 Å². The number of benzene rings is 2. The van der Waals surface area contributed by atoms with Crippen LogP contribution in [0.25, 0.3) is 16.9 Å². The molecule has 0 radical (unpaired) electrons. The van der Waals surface area contributed by atoms with Gasteiger partial charge in [0.1, 0.15) is 0 Å². The molecule has 0 aliphatic carbocycles. The fourth-order valence-corrected chi connectivity index (χ4v) is 8.98. The third kappa shape index (κ3) is 19.6. The predicted molar refractivity (Wildman–Crippen MR) is 251 cm³/mol. The number of unbranched alkanes of at least 4 members (excludes halogenated alkanes) is 13. The Labute approximate surface area is 360 Å². The average molecular weight is 824 g/mol. The van der Waals surface area contributed by atoms with Crippen molar-refractivity contribution < 1.29 is 19.1 Å². The third-order valence-corrected chi connectivity index (χ3v) is 12.6. The minimum atomic E-state index is 0.973. The first-order chi connectivity index (χ1) is 27.9. The van der Waals surface area contributed by atoms with E-state index in [9.17, 15) is 5.53 Å². The first-order valence-electron chi connectivity index (χ1n) is 24.3. The van der Waals surface area contributed by atoms with Crippen molar-refractivity contribution in [2.45, 2.75) is 233 Å². The Morgan fingerprint density at radius 3 is 1.21 bits per heavy atom. The first-order valence-corrected chi connectivity index (χ1v) is 25.7. The second kappa shape index (κ2) is 32.6. The van der Waals surface area contributed by atoms with Crippen molar-refractivity contribution in [3.63, 3.8) is 0 Å². The topological polar surface area (TPSA) is 25.3 Å². The monoisotopic (exact) mass is 823 g/mol. The molecule has 3 heteroatoms. The number of hydrogen-bond acceptors (Lipinski definition) is 0. The van der Waals surface area contributed by atoms with Gasteiger partial charge in [-0.2, -0.15) is 0 Å². The van der Waals surface area contributed by atoms with Crippen molar-refractivity contribution in [2.75, 3.05) is 0 Å². The summed E-state index contributed by atoms with van der Waals surface area (Å²) in [5.74, 6) is 0. The van der Waals surface area contributed by atoms with Gasteiger partial charge in [0.25, 0.3) is 0 Å². The van der Waals surface area contributed by atoms with Crippen LogP contribution in [-0.4, -0.2) is 4.70 Å². The van der Waals surface area contributed by atoms with E-state index in [0.29, 0.717) is 0 Å². The Bertz CT molecular complexity index is 1410. The summed E-state index contributed by atoms with van der Waals surface area (Å²) in [5.41, 5.74) is 24.8. The summed E-state index contributed by atoms with van der Waals surface area (Å²) in [4.78, 5) is 0. The molecular weight excluding hydrogens is 735 g/mol. The van der Waals surface area contributed by atoms with Crippen LogP contribution in [0.5, 0.6) is 0 Å². The number of aryl methyl sites for hydroxylation is 4. The van der Waals surface area contributed by atoms with Crippen molar-refractivity contribution in [1.29, 1.82) is 0 Å². The second-order valence-corrected chi connectivity index (χ2v) is 18.1. The molecule has 3 rings (SSSR count). The zero-order chi connectivity index (χ0) is 41.5. The van der Waals surface area contributed by atoms with Crippen LogP contribution in [0.15, 0.2) is 59.7 Å². The number of rotatable bonds is 31. The summed E-state index contributed by atoms with van der Waals surface area (Å²) in [6.45, 7) is 18.1. The van der Waals surface area contributed by atoms with E-state index in [0.717, 1.165) is 61.9 Å². The van der Waals surface area contributed by atoms with Crippen molar-refractivity contribution >= 4 is 11.4 Å². The zero-order valence-electron chi connectivity index (χ0n) is 38.6. The molecule has 0 spiro atoms. The Morgan fingerprint density at radius 1 is 0.439 bits per heavy atom. The van der Waals surface area contributed by atoms with Gasteiger partial charge in [-0.1, -0.05) is 111 Å². The van der Waals surface area contributed by atoms with Crippen LogP contribution in [0, 0.1) is 0 Å². The normalized spacial score (nSPS) is 13.1. The number of allylic oxidation sites excluding steroid dienone is 4. The standard InChI is InChI=1S/C42H62N2.2C6H13.Ni/c1-7-13-19-20-26-40-39(25-18-12-6)41(37-29-33(21-14-8-2)27-34(30-37)22-15-9-3)44(43)42(40)38-31-35(23-16-10-4)28-36(32-38)24-17-11-5;2*1-3-5-6-4-2;/h18,25,27-32H,7-17,19-24,26H2,1-6H3;2*1,3-6H2,2H3;. The Morgan fingerprint density at radius 2 is 0.825 bits per heavy atom. The Hall–Kier alpha value is -2.25. The summed E-state index contributed by atoms with van der Waals surface area (Å²) in [6.07, 6.45) is 36.7. The van der Waals surface area contributed by atoms with Crippen LogP contribution in [0.1, 0.15) is 230 Å². The number of nitrogens with zero attached hydrogens (tertiary/aromatic N) is 2. The molecule has 0 amide bonds. The maximum atomic E-state index is 12.4. The number of hydrogen-bond donors (Lipinski definition) is 0. The summed E-state index contributed by atoms with van der Waals surface area (Å²) in [6, 6.07) is 14.3. The molecule has 0 N–H and O–H groups in total. The van der Waals surface area contributed by atoms with E-state index >= 15 is 0 Å². The molecule has 2 aromatic carbocycles. The van der Waals surface area contributed by atoms with Crippen LogP contribution in [0.4, 0.5) is 0 Å². The Balaban J connectivity index is 0.000000737. The van der Waals surface area contributed by atoms with Crippen molar-refractivity contribution in [3.05, 3.63) is 98.6 Å². The van der Waals surface area contributed by atoms with E-state index in [2.05, 4.69) is 104 Å². The van der Waals surface area contributed by atoms with Gasteiger partial charge in [0.15, 0.2) is 0 Å². The fourth-order valence-electron chi connectivity index (χ4n) is 7.74. The quantitative estimate of drug-likeness (QED) is 0.0411. The summed E-state index contributed by atoms with van der Waals surface area (Å²) in [7, 11) is 0. The van der Waals surface area contributed by atoms with Gasteiger partial charge in [-0.25, -0.2) is 4.70 Å². The van der Waals surface area contributed by atoms with Gasteiger partial charge in [-0.15, -0.1) is 0 Å². The Kier molecular flexibility index (Phi) is 29.1. The molecule has 324 valence electrons.